The maximum Gasteiger partial charge on any atom is 0.0732 e. The van der Waals surface area contributed by atoms with Gasteiger partial charge in [-0.15, -0.1) is 0 Å². The summed E-state index contributed by atoms with van der Waals surface area (Å²) in [7, 11) is 4.06. The summed E-state index contributed by atoms with van der Waals surface area (Å²) in [6.45, 7) is 2.03. The predicted molar refractivity (Wildman–Crippen MR) is 73.1 cm³/mol. The van der Waals surface area contributed by atoms with Gasteiger partial charge in [0.2, 0.25) is 0 Å². The zero-order chi connectivity index (χ0) is 12.4. The largest absolute Gasteiger partial charge is 0.397 e. The summed E-state index contributed by atoms with van der Waals surface area (Å²) in [4.78, 5) is 6.46. The molecule has 2 rings (SSSR count). The number of benzene rings is 1. The molecule has 0 saturated heterocycles. The molecule has 1 aromatic heterocycles. The Kier molecular flexibility index (Phi) is 3.00. The smallest absolute Gasteiger partial charge is 0.0732 e. The van der Waals surface area contributed by atoms with Crippen LogP contribution >= 0.6 is 0 Å². The predicted octanol–water partition coefficient (Wildman–Crippen LogP) is 2.71. The van der Waals surface area contributed by atoms with Gasteiger partial charge in [-0.25, -0.2) is 0 Å². The normalized spacial score (nSPS) is 10.3. The highest BCUT2D eigenvalue weighted by molar-refractivity contribution is 5.67. The average molecular weight is 227 g/mol. The van der Waals surface area contributed by atoms with Crippen LogP contribution in [-0.2, 0) is 0 Å². The second kappa shape index (κ2) is 4.45. The number of hydrogen-bond donors (Lipinski definition) is 1. The van der Waals surface area contributed by atoms with Crippen molar-refractivity contribution in [2.75, 3.05) is 24.7 Å². The Balaban J connectivity index is 2.40. The fourth-order valence-electron chi connectivity index (χ4n) is 1.82. The summed E-state index contributed by atoms with van der Waals surface area (Å²) >= 11 is 0. The van der Waals surface area contributed by atoms with Crippen molar-refractivity contribution in [2.24, 2.45) is 0 Å². The first-order valence-electron chi connectivity index (χ1n) is 5.58. The summed E-state index contributed by atoms with van der Waals surface area (Å²) in [5.74, 6) is 0. The number of aromatic nitrogens is 1. The van der Waals surface area contributed by atoms with Gasteiger partial charge in [0.1, 0.15) is 0 Å². The van der Waals surface area contributed by atoms with Gasteiger partial charge in [-0.1, -0.05) is 12.1 Å². The Bertz CT molecular complexity index is 515. The van der Waals surface area contributed by atoms with Gasteiger partial charge in [0.15, 0.2) is 0 Å². The summed E-state index contributed by atoms with van der Waals surface area (Å²) in [6.07, 6.45) is 1.70. The van der Waals surface area contributed by atoms with Crippen LogP contribution in [0.25, 0.3) is 11.3 Å². The molecule has 3 heteroatoms. The zero-order valence-electron chi connectivity index (χ0n) is 10.4. The van der Waals surface area contributed by atoms with Crippen molar-refractivity contribution in [1.82, 2.24) is 4.98 Å². The molecule has 1 heterocycles. The first kappa shape index (κ1) is 11.5. The van der Waals surface area contributed by atoms with Crippen LogP contribution in [0.15, 0.2) is 36.5 Å². The third kappa shape index (κ3) is 2.38. The zero-order valence-corrected chi connectivity index (χ0v) is 10.4. The minimum Gasteiger partial charge on any atom is -0.397 e. The van der Waals surface area contributed by atoms with E-state index in [9.17, 15) is 0 Å². The molecule has 3 nitrogen and oxygen atoms in total. The lowest BCUT2D eigenvalue weighted by Gasteiger charge is -2.13. The standard InChI is InChI=1S/C14H17N3/c1-10-8-12(15)9-16-14(10)11-4-6-13(7-5-11)17(2)3/h4-9H,15H2,1-3H3. The molecule has 0 atom stereocenters. The van der Waals surface area contributed by atoms with Crippen LogP contribution in [-0.4, -0.2) is 19.1 Å². The van der Waals surface area contributed by atoms with Crippen LogP contribution in [0.2, 0.25) is 0 Å². The van der Waals surface area contributed by atoms with E-state index in [0.29, 0.717) is 5.69 Å². The minimum absolute atomic E-state index is 0.705. The van der Waals surface area contributed by atoms with Gasteiger partial charge in [0, 0.05) is 25.3 Å². The van der Waals surface area contributed by atoms with Gasteiger partial charge in [-0.2, -0.15) is 0 Å². The number of aryl methyl sites for hydroxylation is 1. The molecule has 0 radical (unpaired) electrons. The summed E-state index contributed by atoms with van der Waals surface area (Å²) < 4.78 is 0. The van der Waals surface area contributed by atoms with E-state index in [1.54, 1.807) is 6.20 Å². The summed E-state index contributed by atoms with van der Waals surface area (Å²) in [5, 5.41) is 0. The van der Waals surface area contributed by atoms with E-state index in [1.807, 2.05) is 27.1 Å². The summed E-state index contributed by atoms with van der Waals surface area (Å²) in [6, 6.07) is 10.3. The van der Waals surface area contributed by atoms with Crippen molar-refractivity contribution in [1.29, 1.82) is 0 Å². The van der Waals surface area contributed by atoms with Crippen LogP contribution < -0.4 is 10.6 Å². The van der Waals surface area contributed by atoms with Gasteiger partial charge in [-0.05, 0) is 30.7 Å². The third-order valence-corrected chi connectivity index (χ3v) is 2.76. The molecule has 0 aliphatic heterocycles. The maximum absolute atomic E-state index is 5.70. The van der Waals surface area contributed by atoms with Crippen molar-refractivity contribution < 1.29 is 0 Å². The van der Waals surface area contributed by atoms with E-state index in [-0.39, 0.29) is 0 Å². The number of hydrogen-bond acceptors (Lipinski definition) is 3. The second-order valence-corrected chi connectivity index (χ2v) is 4.38. The number of nitrogens with two attached hydrogens (primary N) is 1. The lowest BCUT2D eigenvalue weighted by Crippen LogP contribution is -2.08. The van der Waals surface area contributed by atoms with Crippen LogP contribution in [0.4, 0.5) is 11.4 Å². The maximum atomic E-state index is 5.70. The van der Waals surface area contributed by atoms with Crippen LogP contribution in [0.3, 0.4) is 0 Å². The van der Waals surface area contributed by atoms with Crippen molar-refractivity contribution in [3.05, 3.63) is 42.1 Å². The molecule has 0 fully saturated rings. The molecule has 0 spiro atoms. The molecule has 0 amide bonds. The van der Waals surface area contributed by atoms with Gasteiger partial charge in [-0.3, -0.25) is 4.98 Å². The Morgan fingerprint density at radius 3 is 2.29 bits per heavy atom. The Morgan fingerprint density at radius 2 is 1.76 bits per heavy atom. The van der Waals surface area contributed by atoms with Crippen molar-refractivity contribution in [3.8, 4) is 11.3 Å². The quantitative estimate of drug-likeness (QED) is 0.857. The van der Waals surface area contributed by atoms with E-state index >= 15 is 0 Å². The second-order valence-electron chi connectivity index (χ2n) is 4.38. The Labute approximate surface area is 102 Å². The first-order chi connectivity index (χ1) is 8.08. The highest BCUT2D eigenvalue weighted by Gasteiger charge is 2.04. The molecular weight excluding hydrogens is 210 g/mol. The van der Waals surface area contributed by atoms with Gasteiger partial charge >= 0.3 is 0 Å². The molecule has 0 aliphatic carbocycles. The van der Waals surface area contributed by atoms with Gasteiger partial charge in [0.05, 0.1) is 17.6 Å². The molecule has 0 aliphatic rings. The fourth-order valence-corrected chi connectivity index (χ4v) is 1.82. The highest BCUT2D eigenvalue weighted by atomic mass is 15.1. The summed E-state index contributed by atoms with van der Waals surface area (Å²) in [5.41, 5.74) is 10.8. The fraction of sp³-hybridized carbons (Fsp3) is 0.214. The van der Waals surface area contributed by atoms with Crippen LogP contribution in [0.5, 0.6) is 0 Å². The van der Waals surface area contributed by atoms with Gasteiger partial charge in [0.25, 0.3) is 0 Å². The van der Waals surface area contributed by atoms with Crippen LogP contribution in [0.1, 0.15) is 5.56 Å². The molecule has 0 saturated carbocycles. The number of nitrogens with zero attached hydrogens (tertiary/aromatic N) is 2. The van der Waals surface area contributed by atoms with E-state index in [2.05, 4.69) is 34.1 Å². The number of anilines is 2. The van der Waals surface area contributed by atoms with Crippen LogP contribution in [0, 0.1) is 6.92 Å². The molecule has 88 valence electrons. The van der Waals surface area contributed by atoms with Crippen molar-refractivity contribution in [3.63, 3.8) is 0 Å². The molecule has 1 aromatic carbocycles. The molecule has 0 unspecified atom stereocenters. The number of rotatable bonds is 2. The average Bonchev–Trinajstić information content (AvgIpc) is 2.29. The monoisotopic (exact) mass is 227 g/mol. The van der Waals surface area contributed by atoms with Crippen molar-refractivity contribution in [2.45, 2.75) is 6.92 Å². The van der Waals surface area contributed by atoms with E-state index in [0.717, 1.165) is 16.8 Å². The number of pyridine rings is 1. The minimum atomic E-state index is 0.705. The third-order valence-electron chi connectivity index (χ3n) is 2.76. The van der Waals surface area contributed by atoms with E-state index in [4.69, 9.17) is 5.73 Å². The number of nitrogen functional groups attached to an aromatic ring is 1. The Hall–Kier alpha value is -2.03. The van der Waals surface area contributed by atoms with Crippen molar-refractivity contribution >= 4 is 11.4 Å². The molecule has 2 aromatic rings. The lowest BCUT2D eigenvalue weighted by atomic mass is 10.1. The van der Waals surface area contributed by atoms with E-state index in [1.165, 1.54) is 5.69 Å². The topological polar surface area (TPSA) is 42.1 Å². The van der Waals surface area contributed by atoms with E-state index < -0.39 is 0 Å². The molecular formula is C14H17N3. The molecule has 17 heavy (non-hydrogen) atoms. The molecule has 0 bridgehead atoms. The highest BCUT2D eigenvalue weighted by Crippen LogP contribution is 2.24. The first-order valence-corrected chi connectivity index (χ1v) is 5.58. The Morgan fingerprint density at radius 1 is 1.12 bits per heavy atom. The molecule has 2 N–H and O–H groups in total. The lowest BCUT2D eigenvalue weighted by molar-refractivity contribution is 1.13. The van der Waals surface area contributed by atoms with Gasteiger partial charge < -0.3 is 10.6 Å². The SMILES string of the molecule is Cc1cc(N)cnc1-c1ccc(N(C)C)cc1.